The molecule has 120 valence electrons. The Morgan fingerprint density at radius 2 is 1.83 bits per heavy atom. The van der Waals surface area contributed by atoms with Gasteiger partial charge in [0.15, 0.2) is 5.75 Å². The molecule has 0 heterocycles. The Hall–Kier alpha value is -2.31. The van der Waals surface area contributed by atoms with Crippen LogP contribution in [0.4, 0.5) is 5.69 Å². The van der Waals surface area contributed by atoms with Crippen molar-refractivity contribution in [3.05, 3.63) is 67.7 Å². The molecule has 0 bridgehead atoms. The molecule has 0 N–H and O–H groups in total. The van der Waals surface area contributed by atoms with Crippen LogP contribution in [0.3, 0.4) is 0 Å². The van der Waals surface area contributed by atoms with Crippen molar-refractivity contribution < 1.29 is 19.2 Å². The van der Waals surface area contributed by atoms with Crippen LogP contribution < -0.4 is 4.74 Å². The molecule has 0 spiro atoms. The number of ether oxygens (including phenoxy) is 2. The number of nitro groups is 1. The number of para-hydroxylation sites is 1. The molecule has 6 nitrogen and oxygen atoms in total. The normalized spacial score (nSPS) is 10.2. The van der Waals surface area contributed by atoms with Gasteiger partial charge in [0, 0.05) is 6.07 Å². The van der Waals surface area contributed by atoms with Gasteiger partial charge in [0.25, 0.3) is 5.69 Å². The van der Waals surface area contributed by atoms with Crippen molar-refractivity contribution in [2.24, 2.45) is 0 Å². The second-order valence-corrected chi connectivity index (χ2v) is 5.21. The number of carbonyl (C=O) groups is 1. The minimum atomic E-state index is -0.785. The van der Waals surface area contributed by atoms with E-state index in [0.29, 0.717) is 0 Å². The van der Waals surface area contributed by atoms with E-state index in [-0.39, 0.29) is 39.2 Å². The van der Waals surface area contributed by atoms with Crippen molar-refractivity contribution in [1.29, 1.82) is 0 Å². The number of hydrogen-bond donors (Lipinski definition) is 0. The molecule has 0 aliphatic heterocycles. The minimum Gasteiger partial charge on any atom is -0.494 e. The van der Waals surface area contributed by atoms with Crippen LogP contribution in [0.1, 0.15) is 15.9 Å². The fourth-order valence-electron chi connectivity index (χ4n) is 1.95. The molecule has 0 saturated heterocycles. The molecule has 2 aromatic rings. The van der Waals surface area contributed by atoms with Gasteiger partial charge in [-0.3, -0.25) is 10.1 Å². The molecule has 0 aliphatic carbocycles. The second-order valence-electron chi connectivity index (χ2n) is 4.40. The van der Waals surface area contributed by atoms with Crippen molar-refractivity contribution >= 4 is 34.9 Å². The molecular formula is C15H11Cl2NO5. The Morgan fingerprint density at radius 1 is 1.17 bits per heavy atom. The highest BCUT2D eigenvalue weighted by atomic mass is 35.5. The zero-order valence-electron chi connectivity index (χ0n) is 11.9. The highest BCUT2D eigenvalue weighted by Gasteiger charge is 2.22. The fourth-order valence-corrected chi connectivity index (χ4v) is 2.41. The first-order valence-electron chi connectivity index (χ1n) is 6.37. The van der Waals surface area contributed by atoms with E-state index in [0.717, 1.165) is 0 Å². The van der Waals surface area contributed by atoms with Crippen molar-refractivity contribution in [3.63, 3.8) is 0 Å². The smallest absolute Gasteiger partial charge is 0.343 e. The van der Waals surface area contributed by atoms with Gasteiger partial charge in [-0.25, -0.2) is 4.79 Å². The summed E-state index contributed by atoms with van der Waals surface area (Å²) in [6, 6.07) is 8.90. The van der Waals surface area contributed by atoms with E-state index in [2.05, 4.69) is 0 Å². The van der Waals surface area contributed by atoms with Gasteiger partial charge in [-0.2, -0.15) is 0 Å². The lowest BCUT2D eigenvalue weighted by Crippen LogP contribution is -2.09. The number of hydrogen-bond acceptors (Lipinski definition) is 5. The Morgan fingerprint density at radius 3 is 2.48 bits per heavy atom. The summed E-state index contributed by atoms with van der Waals surface area (Å²) in [6.45, 7) is -0.276. The van der Waals surface area contributed by atoms with Crippen LogP contribution in [0.25, 0.3) is 0 Å². The van der Waals surface area contributed by atoms with Gasteiger partial charge in [0.05, 0.1) is 27.6 Å². The third-order valence-electron chi connectivity index (χ3n) is 3.01. The van der Waals surface area contributed by atoms with Gasteiger partial charge in [-0.1, -0.05) is 35.3 Å². The van der Waals surface area contributed by atoms with E-state index in [1.807, 2.05) is 0 Å². The summed E-state index contributed by atoms with van der Waals surface area (Å²) in [4.78, 5) is 22.6. The summed E-state index contributed by atoms with van der Waals surface area (Å²) in [5, 5.41) is 11.3. The molecule has 8 heteroatoms. The average Bonchev–Trinajstić information content (AvgIpc) is 2.54. The first kappa shape index (κ1) is 17.1. The molecule has 0 aromatic heterocycles. The molecule has 0 fully saturated rings. The predicted octanol–water partition coefficient (Wildman–Crippen LogP) is 4.27. The zero-order chi connectivity index (χ0) is 17.0. The van der Waals surface area contributed by atoms with Gasteiger partial charge >= 0.3 is 5.97 Å². The molecule has 0 aliphatic rings. The molecule has 0 radical (unpaired) electrons. The third-order valence-corrected chi connectivity index (χ3v) is 3.63. The van der Waals surface area contributed by atoms with E-state index < -0.39 is 10.9 Å². The van der Waals surface area contributed by atoms with Crippen LogP contribution >= 0.6 is 23.2 Å². The summed E-state index contributed by atoms with van der Waals surface area (Å²) in [5.74, 6) is -0.695. The van der Waals surface area contributed by atoms with E-state index >= 15 is 0 Å². The maximum Gasteiger partial charge on any atom is 0.343 e. The number of carbonyl (C=O) groups excluding carboxylic acids is 1. The highest BCUT2D eigenvalue weighted by molar-refractivity contribution is 6.37. The Labute approximate surface area is 141 Å². The lowest BCUT2D eigenvalue weighted by molar-refractivity contribution is -0.385. The standard InChI is InChI=1S/C15H11Cl2NO5/c1-22-14-11(17)7-6-10(16)13(14)15(19)23-8-9-4-2-3-5-12(9)18(20)21/h2-7H,8H2,1H3. The Bertz CT molecular complexity index is 764. The van der Waals surface area contributed by atoms with Crippen LogP contribution in [0.5, 0.6) is 5.75 Å². The maximum atomic E-state index is 12.2. The van der Waals surface area contributed by atoms with Crippen molar-refractivity contribution in [2.45, 2.75) is 6.61 Å². The number of methoxy groups -OCH3 is 1. The van der Waals surface area contributed by atoms with E-state index in [4.69, 9.17) is 32.7 Å². The van der Waals surface area contributed by atoms with Crippen LogP contribution in [-0.4, -0.2) is 18.0 Å². The third kappa shape index (κ3) is 3.72. The van der Waals surface area contributed by atoms with Crippen molar-refractivity contribution in [1.82, 2.24) is 0 Å². The molecule has 0 unspecified atom stereocenters. The molecular weight excluding hydrogens is 345 g/mol. The average molecular weight is 356 g/mol. The van der Waals surface area contributed by atoms with Gasteiger partial charge in [-0.05, 0) is 18.2 Å². The molecule has 0 amide bonds. The van der Waals surface area contributed by atoms with Gasteiger partial charge in [0.1, 0.15) is 12.2 Å². The fraction of sp³-hybridized carbons (Fsp3) is 0.133. The number of halogens is 2. The maximum absolute atomic E-state index is 12.2. The minimum absolute atomic E-state index is 0.0275. The Balaban J connectivity index is 2.25. The van der Waals surface area contributed by atoms with Gasteiger partial charge in [-0.15, -0.1) is 0 Å². The van der Waals surface area contributed by atoms with Crippen LogP contribution in [0, 0.1) is 10.1 Å². The predicted molar refractivity (Wildman–Crippen MR) is 85.2 cm³/mol. The number of rotatable bonds is 5. The number of nitro benzene ring substituents is 1. The monoisotopic (exact) mass is 355 g/mol. The van der Waals surface area contributed by atoms with Crippen molar-refractivity contribution in [2.75, 3.05) is 7.11 Å². The van der Waals surface area contributed by atoms with Crippen LogP contribution in [0.15, 0.2) is 36.4 Å². The quantitative estimate of drug-likeness (QED) is 0.454. The SMILES string of the molecule is COc1c(Cl)ccc(Cl)c1C(=O)OCc1ccccc1[N+](=O)[O-]. The topological polar surface area (TPSA) is 78.7 Å². The van der Waals surface area contributed by atoms with Gasteiger partial charge < -0.3 is 9.47 Å². The number of nitrogens with zero attached hydrogens (tertiary/aromatic N) is 1. The summed E-state index contributed by atoms with van der Waals surface area (Å²) < 4.78 is 10.2. The summed E-state index contributed by atoms with van der Waals surface area (Å²) >= 11 is 11.9. The van der Waals surface area contributed by atoms with Crippen LogP contribution in [-0.2, 0) is 11.3 Å². The number of benzene rings is 2. The van der Waals surface area contributed by atoms with E-state index in [1.54, 1.807) is 6.07 Å². The first-order chi connectivity index (χ1) is 11.0. The largest absolute Gasteiger partial charge is 0.494 e. The van der Waals surface area contributed by atoms with Gasteiger partial charge in [0.2, 0.25) is 0 Å². The Kier molecular flexibility index (Phi) is 5.41. The summed E-state index contributed by atoms with van der Waals surface area (Å²) in [7, 11) is 1.34. The highest BCUT2D eigenvalue weighted by Crippen LogP contribution is 2.34. The zero-order valence-corrected chi connectivity index (χ0v) is 13.4. The number of esters is 1. The summed E-state index contributed by atoms with van der Waals surface area (Å²) in [5.41, 5.74) is 0.104. The second kappa shape index (κ2) is 7.30. The molecule has 0 saturated carbocycles. The summed E-state index contributed by atoms with van der Waals surface area (Å²) in [6.07, 6.45) is 0. The molecule has 2 rings (SSSR count). The first-order valence-corrected chi connectivity index (χ1v) is 7.12. The van der Waals surface area contributed by atoms with E-state index in [9.17, 15) is 14.9 Å². The van der Waals surface area contributed by atoms with Crippen molar-refractivity contribution in [3.8, 4) is 5.75 Å². The molecule has 0 atom stereocenters. The van der Waals surface area contributed by atoms with Crippen LogP contribution in [0.2, 0.25) is 10.0 Å². The molecule has 23 heavy (non-hydrogen) atoms. The lowest BCUT2D eigenvalue weighted by atomic mass is 10.2. The lowest BCUT2D eigenvalue weighted by Gasteiger charge is -2.12. The molecule has 2 aromatic carbocycles. The van der Waals surface area contributed by atoms with E-state index in [1.165, 1.54) is 37.4 Å².